The highest BCUT2D eigenvalue weighted by Gasteiger charge is 2.45. The normalized spacial score (nSPS) is 27.7. The summed E-state index contributed by atoms with van der Waals surface area (Å²) >= 11 is 0. The van der Waals surface area contributed by atoms with E-state index in [1.807, 2.05) is 0 Å². The average molecular weight is 331 g/mol. The summed E-state index contributed by atoms with van der Waals surface area (Å²) in [5.41, 5.74) is -1.23. The van der Waals surface area contributed by atoms with Crippen molar-refractivity contribution in [2.75, 3.05) is 33.9 Å². The van der Waals surface area contributed by atoms with E-state index in [0.29, 0.717) is 0 Å². The van der Waals surface area contributed by atoms with Gasteiger partial charge in [-0.15, -0.1) is 0 Å². The number of hydroxylamine groups is 2. The minimum absolute atomic E-state index is 0.149. The first-order valence-corrected chi connectivity index (χ1v) is 7.11. The molecule has 0 unspecified atom stereocenters. The summed E-state index contributed by atoms with van der Waals surface area (Å²) in [6.45, 7) is -0.0346. The van der Waals surface area contributed by atoms with Crippen LogP contribution in [0.2, 0.25) is 0 Å². The van der Waals surface area contributed by atoms with Crippen LogP contribution in [0.1, 0.15) is 6.23 Å². The van der Waals surface area contributed by atoms with Gasteiger partial charge < -0.3 is 19.7 Å². The van der Waals surface area contributed by atoms with Crippen molar-refractivity contribution in [2.24, 2.45) is 0 Å². The van der Waals surface area contributed by atoms with Gasteiger partial charge in [-0.25, -0.2) is 4.79 Å². The van der Waals surface area contributed by atoms with Gasteiger partial charge in [0, 0.05) is 26.4 Å². The molecule has 1 aliphatic rings. The fourth-order valence-corrected chi connectivity index (χ4v) is 2.30. The molecule has 10 nitrogen and oxygen atoms in total. The summed E-state index contributed by atoms with van der Waals surface area (Å²) in [4.78, 5) is 30.3. The van der Waals surface area contributed by atoms with Gasteiger partial charge >= 0.3 is 5.69 Å². The van der Waals surface area contributed by atoms with Crippen LogP contribution in [0.3, 0.4) is 0 Å². The maximum Gasteiger partial charge on any atom is 0.330 e. The van der Waals surface area contributed by atoms with Crippen molar-refractivity contribution in [1.29, 1.82) is 0 Å². The molecular formula is C13H21N3O7. The molecule has 3 N–H and O–H groups in total. The zero-order valence-electron chi connectivity index (χ0n) is 12.9. The molecule has 0 saturated carbocycles. The summed E-state index contributed by atoms with van der Waals surface area (Å²) in [7, 11) is 3.44. The van der Waals surface area contributed by atoms with Crippen LogP contribution in [0.25, 0.3) is 0 Å². The van der Waals surface area contributed by atoms with E-state index in [-0.39, 0.29) is 13.2 Å². The van der Waals surface area contributed by atoms with Gasteiger partial charge in [-0.1, -0.05) is 0 Å². The highest BCUT2D eigenvalue weighted by atomic mass is 16.7. The van der Waals surface area contributed by atoms with E-state index in [4.69, 9.17) is 14.3 Å². The fraction of sp³-hybridized carbons (Fsp3) is 0.692. The molecule has 1 saturated heterocycles. The maximum absolute atomic E-state index is 11.9. The van der Waals surface area contributed by atoms with Crippen molar-refractivity contribution in [3.63, 3.8) is 0 Å². The number of aliphatic hydroxyl groups excluding tert-OH is 2. The second-order valence-electron chi connectivity index (χ2n) is 5.24. The smallest absolute Gasteiger partial charge is 0.330 e. The zero-order valence-corrected chi connectivity index (χ0v) is 12.9. The monoisotopic (exact) mass is 331 g/mol. The van der Waals surface area contributed by atoms with Gasteiger partial charge in [-0.2, -0.15) is 5.06 Å². The van der Waals surface area contributed by atoms with Crippen LogP contribution in [0.5, 0.6) is 0 Å². The number of aromatic amines is 1. The van der Waals surface area contributed by atoms with Crippen LogP contribution >= 0.6 is 0 Å². The molecule has 1 aromatic heterocycles. The van der Waals surface area contributed by atoms with E-state index in [1.54, 1.807) is 14.1 Å². The fourth-order valence-electron chi connectivity index (χ4n) is 2.30. The molecule has 0 amide bonds. The van der Waals surface area contributed by atoms with Gasteiger partial charge in [0.2, 0.25) is 0 Å². The van der Waals surface area contributed by atoms with Gasteiger partial charge in [-0.3, -0.25) is 19.2 Å². The Morgan fingerprint density at radius 1 is 1.39 bits per heavy atom. The Morgan fingerprint density at radius 2 is 2.13 bits per heavy atom. The molecule has 0 bridgehead atoms. The summed E-state index contributed by atoms with van der Waals surface area (Å²) in [6, 6.07) is 1.16. The molecule has 0 radical (unpaired) electrons. The van der Waals surface area contributed by atoms with Gasteiger partial charge in [0.15, 0.2) is 6.23 Å². The molecule has 0 spiro atoms. The molecule has 0 aliphatic carbocycles. The predicted octanol–water partition coefficient (Wildman–Crippen LogP) is -2.33. The van der Waals surface area contributed by atoms with Gasteiger partial charge in [0.1, 0.15) is 18.3 Å². The molecule has 2 heterocycles. The molecule has 23 heavy (non-hydrogen) atoms. The lowest BCUT2D eigenvalue weighted by molar-refractivity contribution is -0.151. The van der Waals surface area contributed by atoms with Gasteiger partial charge in [0.05, 0.1) is 19.8 Å². The third kappa shape index (κ3) is 4.25. The molecular weight excluding hydrogens is 310 g/mol. The first kappa shape index (κ1) is 17.8. The Bertz CT molecular complexity index is 614. The third-order valence-corrected chi connectivity index (χ3v) is 3.36. The lowest BCUT2D eigenvalue weighted by Gasteiger charge is -2.22. The van der Waals surface area contributed by atoms with Crippen molar-refractivity contribution < 1.29 is 24.5 Å². The predicted molar refractivity (Wildman–Crippen MR) is 77.7 cm³/mol. The van der Waals surface area contributed by atoms with Crippen LogP contribution in [0.15, 0.2) is 21.9 Å². The Morgan fingerprint density at radius 3 is 2.74 bits per heavy atom. The van der Waals surface area contributed by atoms with Crippen molar-refractivity contribution in [1.82, 2.24) is 14.6 Å². The number of nitrogens with zero attached hydrogens (tertiary/aromatic N) is 2. The lowest BCUT2D eigenvalue weighted by Crippen LogP contribution is -2.40. The zero-order chi connectivity index (χ0) is 17.0. The minimum Gasteiger partial charge on any atom is -0.394 e. The van der Waals surface area contributed by atoms with Crippen LogP contribution < -0.4 is 11.2 Å². The maximum atomic E-state index is 11.9. The SMILES string of the molecule is CN(C)OCCO[C@@H]1[C@H](O)[C@@H](CO)O[C@H]1n1ccc(=O)[nH]c1=O. The number of ether oxygens (including phenoxy) is 2. The minimum atomic E-state index is -1.12. The molecule has 1 fully saturated rings. The molecule has 1 aliphatic heterocycles. The number of aliphatic hydroxyl groups is 2. The summed E-state index contributed by atoms with van der Waals surface area (Å²) in [6.07, 6.45) is -2.61. The Hall–Kier alpha value is -1.56. The summed E-state index contributed by atoms with van der Waals surface area (Å²) in [5.74, 6) is 0. The Kier molecular flexibility index (Phi) is 6.04. The number of nitrogens with one attached hydrogen (secondary N) is 1. The first-order valence-electron chi connectivity index (χ1n) is 7.11. The van der Waals surface area contributed by atoms with Crippen molar-refractivity contribution in [2.45, 2.75) is 24.5 Å². The van der Waals surface area contributed by atoms with E-state index >= 15 is 0 Å². The highest BCUT2D eigenvalue weighted by Crippen LogP contribution is 2.30. The van der Waals surface area contributed by atoms with Crippen LogP contribution in [0, 0.1) is 0 Å². The summed E-state index contributed by atoms with van der Waals surface area (Å²) in [5, 5.41) is 21.0. The second kappa shape index (κ2) is 7.81. The molecule has 130 valence electrons. The van der Waals surface area contributed by atoms with E-state index in [1.165, 1.54) is 11.3 Å². The average Bonchev–Trinajstić information content (AvgIpc) is 2.80. The molecule has 4 atom stereocenters. The first-order chi connectivity index (χ1) is 10.9. The van der Waals surface area contributed by atoms with Gasteiger partial charge in [-0.05, 0) is 0 Å². The number of hydrogen-bond donors (Lipinski definition) is 3. The summed E-state index contributed by atoms with van der Waals surface area (Å²) < 4.78 is 12.2. The third-order valence-electron chi connectivity index (χ3n) is 3.36. The molecule has 1 aromatic rings. The van der Waals surface area contributed by atoms with Crippen LogP contribution in [-0.2, 0) is 14.3 Å². The molecule has 10 heteroatoms. The van der Waals surface area contributed by atoms with E-state index < -0.39 is 42.4 Å². The van der Waals surface area contributed by atoms with Crippen molar-refractivity contribution in [3.05, 3.63) is 33.1 Å². The quantitative estimate of drug-likeness (QED) is 0.375. The highest BCUT2D eigenvalue weighted by molar-refractivity contribution is 4.93. The lowest BCUT2D eigenvalue weighted by atomic mass is 10.1. The van der Waals surface area contributed by atoms with Crippen LogP contribution in [0.4, 0.5) is 0 Å². The second-order valence-corrected chi connectivity index (χ2v) is 5.24. The van der Waals surface area contributed by atoms with E-state index in [2.05, 4.69) is 4.98 Å². The topological polar surface area (TPSA) is 126 Å². The van der Waals surface area contributed by atoms with E-state index in [0.717, 1.165) is 10.6 Å². The molecule has 2 rings (SSSR count). The number of H-pyrrole nitrogens is 1. The number of aromatic nitrogens is 2. The van der Waals surface area contributed by atoms with Crippen molar-refractivity contribution >= 4 is 0 Å². The van der Waals surface area contributed by atoms with E-state index in [9.17, 15) is 19.8 Å². The molecule has 0 aromatic carbocycles. The Labute approximate surface area is 131 Å². The number of rotatable bonds is 7. The Balaban J connectivity index is 2.14. The van der Waals surface area contributed by atoms with Crippen molar-refractivity contribution in [3.8, 4) is 0 Å². The van der Waals surface area contributed by atoms with Crippen LogP contribution in [-0.4, -0.2) is 77.1 Å². The standard InChI is InChI=1S/C13H21N3O7/c1-15(2)22-6-5-21-11-10(19)8(7-17)23-12(11)16-4-3-9(18)14-13(16)20/h3-4,8,10-12,17,19H,5-7H2,1-2H3,(H,14,18,20)/t8-,10-,11-,12-/m1/s1. The largest absolute Gasteiger partial charge is 0.394 e. The number of hydrogen-bond acceptors (Lipinski definition) is 8. The van der Waals surface area contributed by atoms with Gasteiger partial charge in [0.25, 0.3) is 5.56 Å².